The fourth-order valence-corrected chi connectivity index (χ4v) is 2.49. The summed E-state index contributed by atoms with van der Waals surface area (Å²) in [6, 6.07) is 0. The number of hydrogen-bond donors (Lipinski definition) is 1. The van der Waals surface area contributed by atoms with E-state index in [4.69, 9.17) is 0 Å². The minimum atomic E-state index is 0. The van der Waals surface area contributed by atoms with E-state index in [1.165, 1.54) is 38.9 Å². The molecule has 1 heterocycles. The summed E-state index contributed by atoms with van der Waals surface area (Å²) in [6.07, 6.45) is 3.77. The van der Waals surface area contributed by atoms with Gasteiger partial charge in [0.05, 0.1) is 0 Å². The van der Waals surface area contributed by atoms with E-state index in [1.807, 2.05) is 7.05 Å². The van der Waals surface area contributed by atoms with Crippen LogP contribution in [0.4, 0.5) is 0 Å². The van der Waals surface area contributed by atoms with Gasteiger partial charge >= 0.3 is 0 Å². The predicted octanol–water partition coefficient (Wildman–Crippen LogP) is 2.25. The SMILES string of the molecule is CCCCN(C)C(=NC)NCC1CCN(CC)C1.I. The maximum absolute atomic E-state index is 4.36. The summed E-state index contributed by atoms with van der Waals surface area (Å²) in [4.78, 5) is 9.11. The lowest BCUT2D eigenvalue weighted by molar-refractivity contribution is 0.340. The highest BCUT2D eigenvalue weighted by Gasteiger charge is 2.21. The minimum absolute atomic E-state index is 0. The van der Waals surface area contributed by atoms with Gasteiger partial charge in [0.1, 0.15) is 0 Å². The number of rotatable bonds is 6. The molecule has 1 unspecified atom stereocenters. The van der Waals surface area contributed by atoms with Gasteiger partial charge in [0.15, 0.2) is 5.96 Å². The van der Waals surface area contributed by atoms with E-state index >= 15 is 0 Å². The molecule has 0 aromatic carbocycles. The number of guanidine groups is 1. The number of nitrogens with one attached hydrogen (secondary N) is 1. The zero-order valence-corrected chi connectivity index (χ0v) is 15.3. The van der Waals surface area contributed by atoms with E-state index in [-0.39, 0.29) is 24.0 Å². The molecule has 1 aliphatic heterocycles. The Morgan fingerprint density at radius 2 is 2.16 bits per heavy atom. The van der Waals surface area contributed by atoms with Gasteiger partial charge in [0, 0.05) is 33.7 Å². The van der Waals surface area contributed by atoms with Crippen LogP contribution in [0.5, 0.6) is 0 Å². The second-order valence-corrected chi connectivity index (χ2v) is 5.25. The number of hydrogen-bond acceptors (Lipinski definition) is 2. The molecule has 19 heavy (non-hydrogen) atoms. The highest BCUT2D eigenvalue weighted by Crippen LogP contribution is 2.14. The molecule has 0 spiro atoms. The van der Waals surface area contributed by atoms with E-state index in [2.05, 4.69) is 41.0 Å². The van der Waals surface area contributed by atoms with Crippen LogP contribution in [0.25, 0.3) is 0 Å². The van der Waals surface area contributed by atoms with E-state index in [1.54, 1.807) is 0 Å². The first-order valence-corrected chi connectivity index (χ1v) is 7.35. The molecule has 0 radical (unpaired) electrons. The number of nitrogens with zero attached hydrogens (tertiary/aromatic N) is 3. The van der Waals surface area contributed by atoms with Gasteiger partial charge in [-0.1, -0.05) is 20.3 Å². The third kappa shape index (κ3) is 6.79. The third-order valence-corrected chi connectivity index (χ3v) is 3.79. The Balaban J connectivity index is 0.00000324. The lowest BCUT2D eigenvalue weighted by Crippen LogP contribution is -2.41. The molecule has 5 heteroatoms. The van der Waals surface area contributed by atoms with E-state index in [9.17, 15) is 0 Å². The second-order valence-electron chi connectivity index (χ2n) is 5.25. The monoisotopic (exact) mass is 382 g/mol. The van der Waals surface area contributed by atoms with Crippen molar-refractivity contribution in [3.05, 3.63) is 0 Å². The van der Waals surface area contributed by atoms with Gasteiger partial charge in [-0.05, 0) is 31.8 Å². The van der Waals surface area contributed by atoms with Crippen molar-refractivity contribution in [1.29, 1.82) is 0 Å². The standard InChI is InChI=1S/C14H30N4.HI/c1-5-7-9-17(4)14(15-3)16-11-13-8-10-18(6-2)12-13;/h13H,5-12H2,1-4H3,(H,15,16);1H. The highest BCUT2D eigenvalue weighted by molar-refractivity contribution is 14.0. The number of halogens is 1. The number of likely N-dealkylation sites (tertiary alicyclic amines) is 1. The van der Waals surface area contributed by atoms with Crippen molar-refractivity contribution in [3.63, 3.8) is 0 Å². The quantitative estimate of drug-likeness (QED) is 0.434. The van der Waals surface area contributed by atoms with Crippen molar-refractivity contribution in [2.75, 3.05) is 46.8 Å². The van der Waals surface area contributed by atoms with Crippen LogP contribution in [0.15, 0.2) is 4.99 Å². The molecule has 1 rings (SSSR count). The summed E-state index contributed by atoms with van der Waals surface area (Å²) in [5.74, 6) is 1.82. The first-order chi connectivity index (χ1) is 8.71. The van der Waals surface area contributed by atoms with Gasteiger partial charge in [0.25, 0.3) is 0 Å². The molecular weight excluding hydrogens is 351 g/mol. The predicted molar refractivity (Wildman–Crippen MR) is 94.5 cm³/mol. The average molecular weight is 382 g/mol. The van der Waals surface area contributed by atoms with Crippen molar-refractivity contribution in [2.24, 2.45) is 10.9 Å². The largest absolute Gasteiger partial charge is 0.356 e. The molecule has 1 atom stereocenters. The van der Waals surface area contributed by atoms with Crippen LogP contribution in [-0.4, -0.2) is 62.6 Å². The Hall–Kier alpha value is -0.0400. The molecule has 0 saturated carbocycles. The minimum Gasteiger partial charge on any atom is -0.356 e. The van der Waals surface area contributed by atoms with E-state index in [0.717, 1.165) is 25.0 Å². The summed E-state index contributed by atoms with van der Waals surface area (Å²) in [5.41, 5.74) is 0. The van der Waals surface area contributed by atoms with Crippen LogP contribution in [0.1, 0.15) is 33.1 Å². The van der Waals surface area contributed by atoms with Crippen molar-refractivity contribution in [3.8, 4) is 0 Å². The molecule has 0 amide bonds. The van der Waals surface area contributed by atoms with Crippen LogP contribution < -0.4 is 5.32 Å². The number of aliphatic imine (C=N–C) groups is 1. The molecule has 4 nitrogen and oxygen atoms in total. The van der Waals surface area contributed by atoms with Gasteiger partial charge in [-0.15, -0.1) is 24.0 Å². The maximum Gasteiger partial charge on any atom is 0.193 e. The summed E-state index contributed by atoms with van der Waals surface area (Å²) >= 11 is 0. The molecule has 1 fully saturated rings. The Labute approximate surface area is 136 Å². The molecule has 0 aromatic rings. The Morgan fingerprint density at radius 1 is 1.42 bits per heavy atom. The van der Waals surface area contributed by atoms with Crippen LogP contribution >= 0.6 is 24.0 Å². The maximum atomic E-state index is 4.36. The lowest BCUT2D eigenvalue weighted by Gasteiger charge is -2.23. The molecule has 0 aromatic heterocycles. The first kappa shape index (κ1) is 19.0. The van der Waals surface area contributed by atoms with Gasteiger partial charge in [0.2, 0.25) is 0 Å². The Bertz CT molecular complexity index is 258. The van der Waals surface area contributed by atoms with Crippen LogP contribution in [0.2, 0.25) is 0 Å². The van der Waals surface area contributed by atoms with Gasteiger partial charge in [-0.2, -0.15) is 0 Å². The second kappa shape index (κ2) is 10.7. The third-order valence-electron chi connectivity index (χ3n) is 3.79. The first-order valence-electron chi connectivity index (χ1n) is 7.35. The fourth-order valence-electron chi connectivity index (χ4n) is 2.49. The van der Waals surface area contributed by atoms with Crippen molar-refractivity contribution < 1.29 is 0 Å². The highest BCUT2D eigenvalue weighted by atomic mass is 127. The summed E-state index contributed by atoms with van der Waals surface area (Å²) in [6.45, 7) is 10.3. The van der Waals surface area contributed by atoms with Crippen molar-refractivity contribution >= 4 is 29.9 Å². The molecule has 1 aliphatic rings. The van der Waals surface area contributed by atoms with E-state index in [0.29, 0.717) is 0 Å². The molecule has 0 bridgehead atoms. The summed E-state index contributed by atoms with van der Waals surface area (Å²) in [7, 11) is 4.00. The van der Waals surface area contributed by atoms with Crippen LogP contribution in [-0.2, 0) is 0 Å². The molecule has 1 N–H and O–H groups in total. The number of unbranched alkanes of at least 4 members (excludes halogenated alkanes) is 1. The zero-order valence-electron chi connectivity index (χ0n) is 13.0. The van der Waals surface area contributed by atoms with Crippen molar-refractivity contribution in [1.82, 2.24) is 15.1 Å². The van der Waals surface area contributed by atoms with Crippen LogP contribution in [0.3, 0.4) is 0 Å². The average Bonchev–Trinajstić information content (AvgIpc) is 2.85. The molecule has 114 valence electrons. The van der Waals surface area contributed by atoms with Crippen molar-refractivity contribution in [2.45, 2.75) is 33.1 Å². The molecular formula is C14H31IN4. The van der Waals surface area contributed by atoms with Gasteiger partial charge in [-0.25, -0.2) is 0 Å². The van der Waals surface area contributed by atoms with Crippen LogP contribution in [0, 0.1) is 5.92 Å². The zero-order chi connectivity index (χ0) is 13.4. The topological polar surface area (TPSA) is 30.9 Å². The smallest absolute Gasteiger partial charge is 0.193 e. The normalized spacial score (nSPS) is 20.2. The molecule has 1 saturated heterocycles. The Morgan fingerprint density at radius 3 is 2.68 bits per heavy atom. The van der Waals surface area contributed by atoms with E-state index < -0.39 is 0 Å². The lowest BCUT2D eigenvalue weighted by atomic mass is 10.1. The fraction of sp³-hybridized carbons (Fsp3) is 0.929. The van der Waals surface area contributed by atoms with Gasteiger partial charge in [-0.3, -0.25) is 4.99 Å². The molecule has 0 aliphatic carbocycles. The summed E-state index contributed by atoms with van der Waals surface area (Å²) < 4.78 is 0. The summed E-state index contributed by atoms with van der Waals surface area (Å²) in [5, 5.41) is 3.51. The Kier molecular flexibility index (Phi) is 10.7. The van der Waals surface area contributed by atoms with Gasteiger partial charge < -0.3 is 15.1 Å².